The number of rotatable bonds is 56. The molecule has 0 heterocycles. The van der Waals surface area contributed by atoms with Crippen LogP contribution in [0.1, 0.15) is 329 Å². The van der Waals surface area contributed by atoms with E-state index in [1.54, 1.807) is 0 Å². The van der Waals surface area contributed by atoms with Crippen LogP contribution in [0.4, 0.5) is 0 Å². The van der Waals surface area contributed by atoms with Crippen LogP contribution < -0.4 is 0 Å². The molecule has 0 aliphatic carbocycles. The highest BCUT2D eigenvalue weighted by Crippen LogP contribution is 2.17. The molecule has 0 N–H and O–H groups in total. The van der Waals surface area contributed by atoms with Crippen molar-refractivity contribution < 1.29 is 28.6 Å². The highest BCUT2D eigenvalue weighted by Gasteiger charge is 2.19. The van der Waals surface area contributed by atoms with Crippen LogP contribution >= 0.6 is 0 Å². The van der Waals surface area contributed by atoms with Crippen molar-refractivity contribution in [2.24, 2.45) is 0 Å². The molecule has 0 aliphatic heterocycles. The Morgan fingerprint density at radius 3 is 0.855 bits per heavy atom. The van der Waals surface area contributed by atoms with Crippen molar-refractivity contribution >= 4 is 17.9 Å². The summed E-state index contributed by atoms with van der Waals surface area (Å²) in [5.74, 6) is -0.874. The van der Waals surface area contributed by atoms with Gasteiger partial charge in [-0.05, 0) is 77.0 Å². The van der Waals surface area contributed by atoms with E-state index in [9.17, 15) is 14.4 Å². The van der Waals surface area contributed by atoms with Crippen molar-refractivity contribution in [1.82, 2.24) is 0 Å². The molecule has 0 aromatic carbocycles. The summed E-state index contributed by atoms with van der Waals surface area (Å²) in [6, 6.07) is 0. The van der Waals surface area contributed by atoms with Gasteiger partial charge in [0, 0.05) is 19.3 Å². The van der Waals surface area contributed by atoms with Crippen molar-refractivity contribution in [3.8, 4) is 0 Å². The summed E-state index contributed by atoms with van der Waals surface area (Å²) in [5, 5.41) is 0. The van der Waals surface area contributed by atoms with Crippen LogP contribution in [0.2, 0.25) is 0 Å². The summed E-state index contributed by atoms with van der Waals surface area (Å²) in [5.41, 5.74) is 0. The van der Waals surface area contributed by atoms with Crippen LogP contribution in [0, 0.1) is 0 Å². The Hall–Kier alpha value is -2.37. The van der Waals surface area contributed by atoms with Gasteiger partial charge in [-0.2, -0.15) is 0 Å². The van der Waals surface area contributed by atoms with E-state index in [1.807, 2.05) is 0 Å². The Kier molecular flexibility index (Phi) is 56.2. The molecule has 69 heavy (non-hydrogen) atoms. The molecule has 0 saturated carbocycles. The predicted molar refractivity (Wildman–Crippen MR) is 298 cm³/mol. The molecule has 0 unspecified atom stereocenters. The molecule has 0 radical (unpaired) electrons. The van der Waals surface area contributed by atoms with Gasteiger partial charge in [-0.15, -0.1) is 0 Å². The number of esters is 3. The minimum atomic E-state index is -0.778. The highest BCUT2D eigenvalue weighted by molar-refractivity contribution is 5.71. The first-order chi connectivity index (χ1) is 34.0. The molecule has 0 aliphatic rings. The molecule has 6 heteroatoms. The van der Waals surface area contributed by atoms with Crippen LogP contribution in [-0.2, 0) is 28.6 Å². The van der Waals surface area contributed by atoms with Crippen LogP contribution in [0.15, 0.2) is 36.5 Å². The lowest BCUT2D eigenvalue weighted by molar-refractivity contribution is -0.167. The second kappa shape index (κ2) is 58.2. The third kappa shape index (κ3) is 56.4. The molecule has 404 valence electrons. The fourth-order valence-electron chi connectivity index (χ4n) is 9.00. The van der Waals surface area contributed by atoms with Crippen LogP contribution in [0.5, 0.6) is 0 Å². The van der Waals surface area contributed by atoms with Crippen molar-refractivity contribution in [3.63, 3.8) is 0 Å². The van der Waals surface area contributed by atoms with Crippen LogP contribution in [-0.4, -0.2) is 37.2 Å². The van der Waals surface area contributed by atoms with E-state index in [1.165, 1.54) is 212 Å². The SMILES string of the molecule is CCCCC/C=C\C/C=C\CCCCCCCC(=O)OC[C@H](COC(=O)CCCCCCCCCCCCCCCCCCCCCCC)OC(=O)CCCCCCCCC/C=C\CCCCCC. The molecule has 0 fully saturated rings. The second-order valence-electron chi connectivity index (χ2n) is 20.6. The molecule has 0 rings (SSSR count). The molecule has 0 aromatic heterocycles. The number of hydrogen-bond acceptors (Lipinski definition) is 6. The van der Waals surface area contributed by atoms with Gasteiger partial charge in [0.2, 0.25) is 0 Å². The Balaban J connectivity index is 4.31. The highest BCUT2D eigenvalue weighted by atomic mass is 16.6. The minimum absolute atomic E-state index is 0.0746. The summed E-state index contributed by atoms with van der Waals surface area (Å²) in [4.78, 5) is 38.2. The standard InChI is InChI=1S/C63H116O6/c1-4-7-10-13-16-19-22-25-28-29-30-31-32-33-36-38-41-44-47-50-53-56-62(65)68-59-60(69-63(66)57-54-51-48-45-42-39-35-27-24-21-18-15-12-9-6-3)58-67-61(64)55-52-49-46-43-40-37-34-26-23-20-17-14-11-8-5-2/h17,20-21,24,26,34,60H,4-16,18-19,22-23,25,27-33,35-59H2,1-3H3/b20-17-,24-21-,34-26-/t60-/m1/s1. The molecule has 0 aromatic rings. The maximum atomic E-state index is 12.9. The third-order valence-electron chi connectivity index (χ3n) is 13.6. The van der Waals surface area contributed by atoms with Gasteiger partial charge in [-0.25, -0.2) is 0 Å². The summed E-state index contributed by atoms with van der Waals surface area (Å²) in [6.07, 6.45) is 70.0. The minimum Gasteiger partial charge on any atom is -0.462 e. The number of unbranched alkanes of at least 4 members (excludes halogenated alkanes) is 39. The van der Waals surface area contributed by atoms with Crippen molar-refractivity contribution in [1.29, 1.82) is 0 Å². The first-order valence-electron chi connectivity index (χ1n) is 30.5. The summed E-state index contributed by atoms with van der Waals surface area (Å²) in [6.45, 7) is 6.64. The van der Waals surface area contributed by atoms with Gasteiger partial charge in [0.15, 0.2) is 6.10 Å². The van der Waals surface area contributed by atoms with Gasteiger partial charge in [-0.3, -0.25) is 14.4 Å². The average Bonchev–Trinajstić information content (AvgIpc) is 3.35. The van der Waals surface area contributed by atoms with Crippen molar-refractivity contribution in [2.45, 2.75) is 335 Å². The largest absolute Gasteiger partial charge is 0.462 e. The normalized spacial score (nSPS) is 12.2. The lowest BCUT2D eigenvalue weighted by Gasteiger charge is -2.18. The number of carbonyl (C=O) groups is 3. The van der Waals surface area contributed by atoms with E-state index >= 15 is 0 Å². The van der Waals surface area contributed by atoms with E-state index in [0.717, 1.165) is 77.0 Å². The molecular formula is C63H116O6. The lowest BCUT2D eigenvalue weighted by Crippen LogP contribution is -2.30. The molecular weight excluding hydrogens is 853 g/mol. The van der Waals surface area contributed by atoms with E-state index in [4.69, 9.17) is 14.2 Å². The molecule has 0 saturated heterocycles. The van der Waals surface area contributed by atoms with E-state index in [2.05, 4.69) is 57.2 Å². The third-order valence-corrected chi connectivity index (χ3v) is 13.6. The van der Waals surface area contributed by atoms with Gasteiger partial charge in [-0.1, -0.05) is 269 Å². The van der Waals surface area contributed by atoms with Gasteiger partial charge in [0.05, 0.1) is 0 Å². The van der Waals surface area contributed by atoms with E-state index < -0.39 is 6.10 Å². The first kappa shape index (κ1) is 66.6. The van der Waals surface area contributed by atoms with Gasteiger partial charge >= 0.3 is 17.9 Å². The zero-order valence-electron chi connectivity index (χ0n) is 46.3. The summed E-state index contributed by atoms with van der Waals surface area (Å²) < 4.78 is 16.9. The van der Waals surface area contributed by atoms with Crippen molar-refractivity contribution in [3.05, 3.63) is 36.5 Å². The topological polar surface area (TPSA) is 78.9 Å². The molecule has 0 spiro atoms. The smallest absolute Gasteiger partial charge is 0.306 e. The first-order valence-corrected chi connectivity index (χ1v) is 30.5. The fourth-order valence-corrected chi connectivity index (χ4v) is 9.00. The maximum Gasteiger partial charge on any atom is 0.306 e. The lowest BCUT2D eigenvalue weighted by atomic mass is 10.0. The predicted octanol–water partition coefficient (Wildman–Crippen LogP) is 20.4. The molecule has 0 bridgehead atoms. The van der Waals surface area contributed by atoms with E-state index in [0.29, 0.717) is 19.3 Å². The molecule has 0 amide bonds. The number of ether oxygens (including phenoxy) is 3. The van der Waals surface area contributed by atoms with Crippen LogP contribution in [0.25, 0.3) is 0 Å². The number of allylic oxidation sites excluding steroid dienone is 6. The zero-order valence-corrected chi connectivity index (χ0v) is 46.3. The summed E-state index contributed by atoms with van der Waals surface area (Å²) >= 11 is 0. The maximum absolute atomic E-state index is 12.9. The second-order valence-corrected chi connectivity index (χ2v) is 20.6. The monoisotopic (exact) mass is 969 g/mol. The Morgan fingerprint density at radius 2 is 0.522 bits per heavy atom. The van der Waals surface area contributed by atoms with E-state index in [-0.39, 0.29) is 31.1 Å². The quantitative estimate of drug-likeness (QED) is 0.0261. The van der Waals surface area contributed by atoms with Gasteiger partial charge in [0.25, 0.3) is 0 Å². The fraction of sp³-hybridized carbons (Fsp3) is 0.857. The Labute approximate surface area is 429 Å². The Morgan fingerprint density at radius 1 is 0.290 bits per heavy atom. The zero-order chi connectivity index (χ0) is 50.0. The number of hydrogen-bond donors (Lipinski definition) is 0. The van der Waals surface area contributed by atoms with Gasteiger partial charge < -0.3 is 14.2 Å². The van der Waals surface area contributed by atoms with Crippen molar-refractivity contribution in [2.75, 3.05) is 13.2 Å². The van der Waals surface area contributed by atoms with Gasteiger partial charge in [0.1, 0.15) is 13.2 Å². The summed E-state index contributed by atoms with van der Waals surface area (Å²) in [7, 11) is 0. The number of carbonyl (C=O) groups excluding carboxylic acids is 3. The molecule has 6 nitrogen and oxygen atoms in total. The Bertz CT molecular complexity index is 1160. The molecule has 1 atom stereocenters. The average molecular weight is 970 g/mol. The van der Waals surface area contributed by atoms with Crippen LogP contribution in [0.3, 0.4) is 0 Å².